The molecule has 0 spiro atoms. The van der Waals surface area contributed by atoms with Crippen LogP contribution in [-0.4, -0.2) is 30.7 Å². The van der Waals surface area contributed by atoms with Crippen molar-refractivity contribution in [3.63, 3.8) is 0 Å². The first kappa shape index (κ1) is 11.3. The lowest BCUT2D eigenvalue weighted by Gasteiger charge is -2.14. The topological polar surface area (TPSA) is 56.0 Å². The summed E-state index contributed by atoms with van der Waals surface area (Å²) in [4.78, 5) is 0. The molecule has 0 aromatic rings. The maximum atomic E-state index is 11.9. The van der Waals surface area contributed by atoms with Crippen LogP contribution in [0, 0.1) is 16.7 Å². The molecule has 0 aromatic carbocycles. The van der Waals surface area contributed by atoms with Gasteiger partial charge < -0.3 is 10.4 Å². The predicted molar refractivity (Wildman–Crippen MR) is 46.8 cm³/mol. The molecule has 1 atom stereocenters. The van der Waals surface area contributed by atoms with Gasteiger partial charge >= 0.3 is 0 Å². The molecule has 2 N–H and O–H groups in total. The molecule has 80 valence electrons. The molecule has 1 aliphatic rings. The average molecular weight is 204 g/mol. The van der Waals surface area contributed by atoms with E-state index in [9.17, 15) is 8.78 Å². The van der Waals surface area contributed by atoms with Crippen molar-refractivity contribution in [3.05, 3.63) is 0 Å². The molecule has 1 rings (SSSR count). The molecule has 0 amide bonds. The number of rotatable bonds is 6. The predicted octanol–water partition coefficient (Wildman–Crippen LogP) is 0.896. The minimum Gasteiger partial charge on any atom is -0.386 e. The van der Waals surface area contributed by atoms with Gasteiger partial charge in [-0.1, -0.05) is 0 Å². The van der Waals surface area contributed by atoms with Crippen molar-refractivity contribution in [1.82, 2.24) is 5.32 Å². The zero-order chi connectivity index (χ0) is 10.6. The second-order valence-corrected chi connectivity index (χ2v) is 3.87. The number of nitrogens with zero attached hydrogens (tertiary/aromatic N) is 1. The van der Waals surface area contributed by atoms with E-state index in [0.717, 1.165) is 12.8 Å². The van der Waals surface area contributed by atoms with E-state index in [2.05, 4.69) is 11.4 Å². The summed E-state index contributed by atoms with van der Waals surface area (Å²) in [6.45, 7) is 0.440. The number of halogens is 2. The van der Waals surface area contributed by atoms with Crippen LogP contribution in [0.3, 0.4) is 0 Å². The lowest BCUT2D eigenvalue weighted by atomic mass is 10.0. The van der Waals surface area contributed by atoms with Crippen LogP contribution in [-0.2, 0) is 0 Å². The third kappa shape index (κ3) is 3.20. The molecule has 0 bridgehead atoms. The number of aliphatic hydroxyl groups excluding tert-OH is 1. The molecule has 1 fully saturated rings. The highest BCUT2D eigenvalue weighted by atomic mass is 19.3. The van der Waals surface area contributed by atoms with Crippen LogP contribution >= 0.6 is 0 Å². The van der Waals surface area contributed by atoms with Gasteiger partial charge in [-0.25, -0.2) is 8.78 Å². The summed E-state index contributed by atoms with van der Waals surface area (Å²) in [6.07, 6.45) is -1.90. The Bertz CT molecular complexity index is 223. The number of aliphatic hydroxyl groups is 1. The van der Waals surface area contributed by atoms with Gasteiger partial charge in [0, 0.05) is 19.5 Å². The van der Waals surface area contributed by atoms with Gasteiger partial charge in [-0.2, -0.15) is 5.26 Å². The van der Waals surface area contributed by atoms with Crippen LogP contribution in [0.15, 0.2) is 0 Å². The first-order valence-electron chi connectivity index (χ1n) is 4.63. The van der Waals surface area contributed by atoms with E-state index in [-0.39, 0.29) is 12.0 Å². The Hall–Kier alpha value is -0.730. The van der Waals surface area contributed by atoms with Gasteiger partial charge in [0.2, 0.25) is 0 Å². The van der Waals surface area contributed by atoms with Crippen molar-refractivity contribution < 1.29 is 13.9 Å². The Kier molecular flexibility index (Phi) is 3.78. The Morgan fingerprint density at radius 2 is 2.14 bits per heavy atom. The molecule has 1 unspecified atom stereocenters. The van der Waals surface area contributed by atoms with E-state index < -0.39 is 12.5 Å². The van der Waals surface area contributed by atoms with Crippen molar-refractivity contribution in [2.75, 3.05) is 13.1 Å². The fourth-order valence-corrected chi connectivity index (χ4v) is 1.33. The molecule has 5 heteroatoms. The third-order valence-electron chi connectivity index (χ3n) is 2.56. The summed E-state index contributed by atoms with van der Waals surface area (Å²) >= 11 is 0. The van der Waals surface area contributed by atoms with Crippen LogP contribution in [0.5, 0.6) is 0 Å². The smallest absolute Gasteiger partial charge is 0.265 e. The van der Waals surface area contributed by atoms with E-state index in [1.165, 1.54) is 0 Å². The van der Waals surface area contributed by atoms with Crippen molar-refractivity contribution in [3.8, 4) is 6.07 Å². The molecule has 0 aromatic heterocycles. The quantitative estimate of drug-likeness (QED) is 0.675. The van der Waals surface area contributed by atoms with Crippen molar-refractivity contribution in [2.24, 2.45) is 5.41 Å². The van der Waals surface area contributed by atoms with E-state index in [0.29, 0.717) is 13.0 Å². The largest absolute Gasteiger partial charge is 0.386 e. The molecule has 14 heavy (non-hydrogen) atoms. The molecular weight excluding hydrogens is 190 g/mol. The summed E-state index contributed by atoms with van der Waals surface area (Å²) in [7, 11) is 0. The highest BCUT2D eigenvalue weighted by Crippen LogP contribution is 2.47. The number of nitrogens with one attached hydrogen (secondary N) is 1. The second kappa shape index (κ2) is 4.67. The number of hydrogen-bond donors (Lipinski definition) is 2. The summed E-state index contributed by atoms with van der Waals surface area (Å²) < 4.78 is 23.7. The fraction of sp³-hybridized carbons (Fsp3) is 0.889. The van der Waals surface area contributed by atoms with E-state index in [4.69, 9.17) is 10.4 Å². The summed E-state index contributed by atoms with van der Waals surface area (Å²) in [5.74, 6) is 0. The van der Waals surface area contributed by atoms with Crippen molar-refractivity contribution in [1.29, 1.82) is 5.26 Å². The lowest BCUT2D eigenvalue weighted by molar-refractivity contribution is -0.00373. The summed E-state index contributed by atoms with van der Waals surface area (Å²) in [5, 5.41) is 20.1. The van der Waals surface area contributed by atoms with Gasteiger partial charge in [-0.15, -0.1) is 0 Å². The fourth-order valence-electron chi connectivity index (χ4n) is 1.33. The van der Waals surface area contributed by atoms with Gasteiger partial charge in [0.15, 0.2) is 0 Å². The maximum Gasteiger partial charge on any atom is 0.265 e. The first-order chi connectivity index (χ1) is 6.59. The van der Waals surface area contributed by atoms with Gasteiger partial charge in [0.1, 0.15) is 6.10 Å². The highest BCUT2D eigenvalue weighted by Gasteiger charge is 2.41. The number of alkyl halides is 2. The SMILES string of the molecule is N#CCC1(CNCC(O)C(F)F)CC1. The zero-order valence-electron chi connectivity index (χ0n) is 7.84. The lowest BCUT2D eigenvalue weighted by Crippen LogP contribution is -2.35. The first-order valence-corrected chi connectivity index (χ1v) is 4.63. The normalized spacial score (nSPS) is 20.5. The Morgan fingerprint density at radius 3 is 2.57 bits per heavy atom. The minimum absolute atomic E-state index is 0.00338. The second-order valence-electron chi connectivity index (χ2n) is 3.87. The van der Waals surface area contributed by atoms with Gasteiger partial charge in [0.05, 0.1) is 6.07 Å². The minimum atomic E-state index is -2.70. The van der Waals surface area contributed by atoms with E-state index in [1.54, 1.807) is 0 Å². The van der Waals surface area contributed by atoms with Crippen LogP contribution < -0.4 is 5.32 Å². The molecule has 3 nitrogen and oxygen atoms in total. The van der Waals surface area contributed by atoms with Gasteiger partial charge in [0.25, 0.3) is 6.43 Å². The number of nitriles is 1. The van der Waals surface area contributed by atoms with Crippen LogP contribution in [0.4, 0.5) is 8.78 Å². The molecule has 0 saturated heterocycles. The molecule has 0 heterocycles. The van der Waals surface area contributed by atoms with Crippen molar-refractivity contribution >= 4 is 0 Å². The monoisotopic (exact) mass is 204 g/mol. The van der Waals surface area contributed by atoms with Crippen molar-refractivity contribution in [2.45, 2.75) is 31.8 Å². The average Bonchev–Trinajstić information content (AvgIpc) is 2.85. The van der Waals surface area contributed by atoms with Crippen LogP contribution in [0.25, 0.3) is 0 Å². The molecular formula is C9H14F2N2O. The maximum absolute atomic E-state index is 11.9. The van der Waals surface area contributed by atoms with E-state index in [1.807, 2.05) is 0 Å². The molecule has 0 aliphatic heterocycles. The molecule has 0 radical (unpaired) electrons. The Morgan fingerprint density at radius 1 is 1.50 bits per heavy atom. The summed E-state index contributed by atoms with van der Waals surface area (Å²) in [6, 6.07) is 2.08. The molecule has 1 aliphatic carbocycles. The number of hydrogen-bond acceptors (Lipinski definition) is 3. The zero-order valence-corrected chi connectivity index (χ0v) is 7.84. The van der Waals surface area contributed by atoms with Gasteiger partial charge in [-0.05, 0) is 18.3 Å². The third-order valence-corrected chi connectivity index (χ3v) is 2.56. The standard InChI is InChI=1S/C9H14F2N2O/c10-8(11)7(14)5-13-6-9(1-2-9)3-4-12/h7-8,13-14H,1-3,5-6H2. The summed E-state index contributed by atoms with van der Waals surface area (Å²) in [5.41, 5.74) is -0.00338. The van der Waals surface area contributed by atoms with Crippen LogP contribution in [0.2, 0.25) is 0 Å². The Balaban J connectivity index is 2.13. The van der Waals surface area contributed by atoms with Gasteiger partial charge in [-0.3, -0.25) is 0 Å². The van der Waals surface area contributed by atoms with Crippen LogP contribution in [0.1, 0.15) is 19.3 Å². The Labute approximate surface area is 81.7 Å². The molecule has 1 saturated carbocycles. The highest BCUT2D eigenvalue weighted by molar-refractivity contribution is 5.00. The van der Waals surface area contributed by atoms with E-state index >= 15 is 0 Å².